The Hall–Kier alpha value is -3.51. The molecule has 1 amide bonds. The summed E-state index contributed by atoms with van der Waals surface area (Å²) in [6.45, 7) is 6.23. The van der Waals surface area contributed by atoms with Crippen molar-refractivity contribution < 1.29 is 4.79 Å². The Morgan fingerprint density at radius 3 is 2.68 bits per heavy atom. The average Bonchev–Trinajstić information content (AvgIpc) is 3.36. The Balaban J connectivity index is 1.56. The maximum Gasteiger partial charge on any atom is 0.258 e. The smallest absolute Gasteiger partial charge is 0.258 e. The molecule has 0 atom stereocenters. The summed E-state index contributed by atoms with van der Waals surface area (Å²) in [5.74, 6) is -0.0312. The van der Waals surface area contributed by atoms with E-state index in [2.05, 4.69) is 39.8 Å². The second-order valence-corrected chi connectivity index (χ2v) is 9.93. The molecular formula is C28H28N4OS. The van der Waals surface area contributed by atoms with Crippen LogP contribution in [-0.4, -0.2) is 21.7 Å². The minimum atomic E-state index is -0.0312. The molecule has 3 heterocycles. The predicted molar refractivity (Wildman–Crippen MR) is 140 cm³/mol. The average molecular weight is 469 g/mol. The number of rotatable bonds is 5. The number of thiophene rings is 1. The lowest BCUT2D eigenvalue weighted by molar-refractivity contribution is 0.102. The number of fused-ring (bicyclic) bond motifs is 1. The van der Waals surface area contributed by atoms with Crippen LogP contribution in [0.3, 0.4) is 0 Å². The zero-order chi connectivity index (χ0) is 23.7. The van der Waals surface area contributed by atoms with E-state index in [0.717, 1.165) is 58.2 Å². The fraction of sp³-hybridized carbons (Fsp3) is 0.250. The minimum absolute atomic E-state index is 0.0312. The van der Waals surface area contributed by atoms with Gasteiger partial charge in [0, 0.05) is 39.9 Å². The van der Waals surface area contributed by atoms with E-state index in [0.29, 0.717) is 0 Å². The maximum atomic E-state index is 13.6. The highest BCUT2D eigenvalue weighted by atomic mass is 32.1. The van der Waals surface area contributed by atoms with Crippen LogP contribution in [0.1, 0.15) is 56.2 Å². The molecule has 6 heteroatoms. The summed E-state index contributed by atoms with van der Waals surface area (Å²) in [6.07, 6.45) is 9.68. The zero-order valence-electron chi connectivity index (χ0n) is 19.8. The molecule has 0 saturated carbocycles. The van der Waals surface area contributed by atoms with Crippen molar-refractivity contribution in [2.75, 3.05) is 5.32 Å². The number of aliphatic imine (C=N–C) groups is 1. The van der Waals surface area contributed by atoms with Crippen LogP contribution in [0.4, 0.5) is 11.4 Å². The van der Waals surface area contributed by atoms with E-state index in [1.807, 2.05) is 49.5 Å². The van der Waals surface area contributed by atoms with Crippen molar-refractivity contribution in [3.63, 3.8) is 0 Å². The molecule has 0 bridgehead atoms. The Bertz CT molecular complexity index is 1360. The lowest BCUT2D eigenvalue weighted by atomic mass is 9.95. The highest BCUT2D eigenvalue weighted by Crippen LogP contribution is 2.39. The van der Waals surface area contributed by atoms with Crippen LogP contribution in [0.2, 0.25) is 0 Å². The van der Waals surface area contributed by atoms with Crippen LogP contribution in [0, 0.1) is 20.8 Å². The van der Waals surface area contributed by atoms with Gasteiger partial charge in [0.05, 0.1) is 17.4 Å². The van der Waals surface area contributed by atoms with Crippen LogP contribution < -0.4 is 5.32 Å². The number of aromatic nitrogens is 2. The quantitative estimate of drug-likeness (QED) is 0.330. The Labute approximate surface area is 204 Å². The van der Waals surface area contributed by atoms with Gasteiger partial charge in [-0.3, -0.25) is 14.8 Å². The SMILES string of the molecule is Cc1ccc(NC(=O)c2c(-n3c(C)cc(C=Nc4cccnc4)c3C)sc3c2CCCC3)cc1. The highest BCUT2D eigenvalue weighted by Gasteiger charge is 2.28. The molecule has 5 nitrogen and oxygen atoms in total. The summed E-state index contributed by atoms with van der Waals surface area (Å²) < 4.78 is 2.22. The number of aryl methyl sites for hydroxylation is 3. The van der Waals surface area contributed by atoms with Gasteiger partial charge in [-0.05, 0) is 82.3 Å². The van der Waals surface area contributed by atoms with Gasteiger partial charge < -0.3 is 9.88 Å². The van der Waals surface area contributed by atoms with E-state index < -0.39 is 0 Å². The first-order chi connectivity index (χ1) is 16.5. The molecule has 34 heavy (non-hydrogen) atoms. The molecule has 1 aliphatic rings. The third kappa shape index (κ3) is 4.33. The Morgan fingerprint density at radius 2 is 1.91 bits per heavy atom. The molecule has 172 valence electrons. The lowest BCUT2D eigenvalue weighted by Crippen LogP contribution is -2.17. The standard InChI is InChI=1S/C28H28N4OS/c1-18-10-12-22(13-11-18)31-27(33)26-24-8-4-5-9-25(24)34-28(26)32-19(2)15-21(20(32)3)16-30-23-7-6-14-29-17-23/h6-7,10-17H,4-5,8-9H2,1-3H3,(H,31,33). The van der Waals surface area contributed by atoms with Crippen molar-refractivity contribution in [1.29, 1.82) is 0 Å². The van der Waals surface area contributed by atoms with Crippen molar-refractivity contribution >= 4 is 34.8 Å². The molecule has 1 aliphatic carbocycles. The molecular weight excluding hydrogens is 440 g/mol. The monoisotopic (exact) mass is 468 g/mol. The third-order valence-corrected chi connectivity index (χ3v) is 7.64. The summed E-state index contributed by atoms with van der Waals surface area (Å²) >= 11 is 1.76. The van der Waals surface area contributed by atoms with E-state index >= 15 is 0 Å². The van der Waals surface area contributed by atoms with E-state index in [4.69, 9.17) is 0 Å². The Kier molecular flexibility index (Phi) is 6.16. The molecule has 5 rings (SSSR count). The summed E-state index contributed by atoms with van der Waals surface area (Å²) in [5, 5.41) is 4.15. The van der Waals surface area contributed by atoms with Crippen LogP contribution in [-0.2, 0) is 12.8 Å². The number of amides is 1. The predicted octanol–water partition coefficient (Wildman–Crippen LogP) is 6.74. The fourth-order valence-electron chi connectivity index (χ4n) is 4.58. The van der Waals surface area contributed by atoms with E-state index in [1.54, 1.807) is 23.7 Å². The lowest BCUT2D eigenvalue weighted by Gasteiger charge is -2.14. The van der Waals surface area contributed by atoms with E-state index in [9.17, 15) is 4.79 Å². The molecule has 0 unspecified atom stereocenters. The molecule has 4 aromatic rings. The van der Waals surface area contributed by atoms with Gasteiger partial charge in [-0.15, -0.1) is 11.3 Å². The normalized spacial score (nSPS) is 13.3. The molecule has 1 N–H and O–H groups in total. The van der Waals surface area contributed by atoms with Crippen molar-refractivity contribution in [2.45, 2.75) is 46.5 Å². The van der Waals surface area contributed by atoms with Crippen molar-refractivity contribution in [2.24, 2.45) is 4.99 Å². The third-order valence-electron chi connectivity index (χ3n) is 6.36. The largest absolute Gasteiger partial charge is 0.322 e. The van der Waals surface area contributed by atoms with Crippen molar-refractivity contribution in [3.8, 4) is 5.00 Å². The molecule has 1 aromatic carbocycles. The number of hydrogen-bond donors (Lipinski definition) is 1. The maximum absolute atomic E-state index is 13.6. The topological polar surface area (TPSA) is 59.3 Å². The second kappa shape index (κ2) is 9.39. The number of anilines is 1. The number of nitrogens with zero attached hydrogens (tertiary/aromatic N) is 3. The zero-order valence-corrected chi connectivity index (χ0v) is 20.6. The first-order valence-electron chi connectivity index (χ1n) is 11.7. The number of carbonyl (C=O) groups excluding carboxylic acids is 1. The number of hydrogen-bond acceptors (Lipinski definition) is 4. The summed E-state index contributed by atoms with van der Waals surface area (Å²) in [7, 11) is 0. The van der Waals surface area contributed by atoms with Gasteiger partial charge in [0.2, 0.25) is 0 Å². The Morgan fingerprint density at radius 1 is 1.12 bits per heavy atom. The fourth-order valence-corrected chi connectivity index (χ4v) is 6.08. The molecule has 0 saturated heterocycles. The first kappa shape index (κ1) is 22.3. The minimum Gasteiger partial charge on any atom is -0.322 e. The van der Waals surface area contributed by atoms with Gasteiger partial charge in [0.25, 0.3) is 5.91 Å². The van der Waals surface area contributed by atoms with Gasteiger partial charge in [-0.1, -0.05) is 17.7 Å². The molecule has 0 aliphatic heterocycles. The second-order valence-electron chi connectivity index (χ2n) is 8.84. The number of benzene rings is 1. The van der Waals surface area contributed by atoms with Crippen molar-refractivity contribution in [3.05, 3.63) is 93.4 Å². The number of pyridine rings is 1. The summed E-state index contributed by atoms with van der Waals surface area (Å²) in [4.78, 5) is 23.7. The van der Waals surface area contributed by atoms with Gasteiger partial charge in [-0.25, -0.2) is 0 Å². The van der Waals surface area contributed by atoms with Crippen LogP contribution >= 0.6 is 11.3 Å². The van der Waals surface area contributed by atoms with Gasteiger partial charge in [0.1, 0.15) is 5.00 Å². The first-order valence-corrected chi connectivity index (χ1v) is 12.5. The summed E-state index contributed by atoms with van der Waals surface area (Å²) in [6, 6.07) is 13.9. The van der Waals surface area contributed by atoms with Crippen molar-refractivity contribution in [1.82, 2.24) is 9.55 Å². The number of nitrogens with one attached hydrogen (secondary N) is 1. The van der Waals surface area contributed by atoms with Gasteiger partial charge in [-0.2, -0.15) is 0 Å². The van der Waals surface area contributed by atoms with Gasteiger partial charge in [0.15, 0.2) is 0 Å². The van der Waals surface area contributed by atoms with Crippen LogP contribution in [0.25, 0.3) is 5.00 Å². The van der Waals surface area contributed by atoms with Crippen LogP contribution in [0.5, 0.6) is 0 Å². The summed E-state index contributed by atoms with van der Waals surface area (Å²) in [5.41, 5.74) is 8.05. The van der Waals surface area contributed by atoms with Crippen LogP contribution in [0.15, 0.2) is 59.9 Å². The van der Waals surface area contributed by atoms with E-state index in [1.165, 1.54) is 22.4 Å². The molecule has 0 spiro atoms. The molecule has 3 aromatic heterocycles. The number of carbonyl (C=O) groups is 1. The highest BCUT2D eigenvalue weighted by molar-refractivity contribution is 7.15. The van der Waals surface area contributed by atoms with E-state index in [-0.39, 0.29) is 5.91 Å². The molecule has 0 radical (unpaired) electrons. The molecule has 0 fully saturated rings. The van der Waals surface area contributed by atoms with Gasteiger partial charge >= 0.3 is 0 Å².